The van der Waals surface area contributed by atoms with E-state index in [1.54, 1.807) is 7.05 Å². The van der Waals surface area contributed by atoms with Crippen molar-refractivity contribution in [3.8, 4) is 5.75 Å². The van der Waals surface area contributed by atoms with Gasteiger partial charge in [0, 0.05) is 26.2 Å². The Morgan fingerprint density at radius 2 is 2.17 bits per heavy atom. The molecule has 4 nitrogen and oxygen atoms in total. The van der Waals surface area contributed by atoms with Crippen LogP contribution in [-0.4, -0.2) is 44.1 Å². The Morgan fingerprint density at radius 1 is 1.35 bits per heavy atom. The number of rotatable bonds is 4. The predicted molar refractivity (Wildman–Crippen MR) is 85.7 cm³/mol. The molecule has 1 saturated carbocycles. The average molecular weight is 323 g/mol. The predicted octanol–water partition coefficient (Wildman–Crippen LogP) is 2.80. The molecular weight excluding hydrogens is 300 g/mol. The van der Waals surface area contributed by atoms with Gasteiger partial charge in [0.2, 0.25) is 0 Å². The number of nitrogens with zero attached hydrogens (tertiary/aromatic N) is 2. The molecule has 1 N–H and O–H groups in total. The Labute approximate surface area is 135 Å². The van der Waals surface area contributed by atoms with Crippen molar-refractivity contribution >= 4 is 5.96 Å². The van der Waals surface area contributed by atoms with Crippen LogP contribution in [0.15, 0.2) is 23.2 Å². The summed E-state index contributed by atoms with van der Waals surface area (Å²) in [6, 6.07) is 3.32. The lowest BCUT2D eigenvalue weighted by Gasteiger charge is -2.38. The van der Waals surface area contributed by atoms with Crippen LogP contribution in [0, 0.1) is 17.0 Å². The smallest absolute Gasteiger partial charge is 0.193 e. The number of likely N-dealkylation sites (tertiary alicyclic amines) is 1. The van der Waals surface area contributed by atoms with E-state index in [1.165, 1.54) is 37.8 Å². The summed E-state index contributed by atoms with van der Waals surface area (Å²) in [6.07, 6.45) is 5.24. The molecule has 1 aliphatic heterocycles. The normalized spacial score (nSPS) is 19.8. The van der Waals surface area contributed by atoms with Crippen LogP contribution < -0.4 is 10.1 Å². The van der Waals surface area contributed by atoms with Gasteiger partial charge < -0.3 is 15.0 Å². The van der Waals surface area contributed by atoms with E-state index in [1.807, 2.05) is 0 Å². The Kier molecular flexibility index (Phi) is 4.68. The standard InChI is InChI=1S/C17H23F2N3O/c1-20-16(22-9-7-17(12-22)5-2-6-17)21-8-10-23-15-4-3-13(18)11-14(15)19/h3-4,11H,2,5-10,12H2,1H3,(H,20,21). The first-order valence-electron chi connectivity index (χ1n) is 8.15. The van der Waals surface area contributed by atoms with Crippen molar-refractivity contribution < 1.29 is 13.5 Å². The molecular formula is C17H23F2N3O. The highest BCUT2D eigenvalue weighted by Crippen LogP contribution is 2.47. The summed E-state index contributed by atoms with van der Waals surface area (Å²) in [4.78, 5) is 6.61. The van der Waals surface area contributed by atoms with Crippen LogP contribution >= 0.6 is 0 Å². The van der Waals surface area contributed by atoms with E-state index in [-0.39, 0.29) is 5.75 Å². The van der Waals surface area contributed by atoms with Crippen molar-refractivity contribution in [3.63, 3.8) is 0 Å². The third-order valence-electron chi connectivity index (χ3n) is 4.90. The Morgan fingerprint density at radius 3 is 2.78 bits per heavy atom. The summed E-state index contributed by atoms with van der Waals surface area (Å²) in [5, 5.41) is 3.25. The first-order chi connectivity index (χ1) is 11.1. The third-order valence-corrected chi connectivity index (χ3v) is 4.90. The fourth-order valence-electron chi connectivity index (χ4n) is 3.45. The van der Waals surface area contributed by atoms with Crippen molar-refractivity contribution in [1.82, 2.24) is 10.2 Å². The van der Waals surface area contributed by atoms with Gasteiger partial charge in [-0.15, -0.1) is 0 Å². The number of hydrogen-bond acceptors (Lipinski definition) is 2. The summed E-state index contributed by atoms with van der Waals surface area (Å²) in [7, 11) is 1.77. The Bertz CT molecular complexity index is 587. The highest BCUT2D eigenvalue weighted by molar-refractivity contribution is 5.80. The van der Waals surface area contributed by atoms with Crippen LogP contribution in [0.25, 0.3) is 0 Å². The second kappa shape index (κ2) is 6.72. The zero-order valence-corrected chi connectivity index (χ0v) is 13.4. The van der Waals surface area contributed by atoms with Gasteiger partial charge in [0.05, 0.1) is 6.54 Å². The largest absolute Gasteiger partial charge is 0.489 e. The van der Waals surface area contributed by atoms with Gasteiger partial charge >= 0.3 is 0 Å². The van der Waals surface area contributed by atoms with Crippen LogP contribution in [0.4, 0.5) is 8.78 Å². The molecule has 0 atom stereocenters. The van der Waals surface area contributed by atoms with Crippen molar-refractivity contribution in [2.24, 2.45) is 10.4 Å². The van der Waals surface area contributed by atoms with E-state index >= 15 is 0 Å². The number of hydrogen-bond donors (Lipinski definition) is 1. The second-order valence-electron chi connectivity index (χ2n) is 6.42. The van der Waals surface area contributed by atoms with Crippen molar-refractivity contribution in [1.29, 1.82) is 0 Å². The Balaban J connectivity index is 1.44. The molecule has 2 fully saturated rings. The minimum absolute atomic E-state index is 0.0674. The van der Waals surface area contributed by atoms with Gasteiger partial charge in [-0.1, -0.05) is 6.42 Å². The number of aliphatic imine (C=N–C) groups is 1. The molecule has 0 radical (unpaired) electrons. The van der Waals surface area contributed by atoms with E-state index in [2.05, 4.69) is 15.2 Å². The monoisotopic (exact) mass is 323 g/mol. The maximum absolute atomic E-state index is 13.5. The molecule has 2 aliphatic rings. The molecule has 1 spiro atoms. The fraction of sp³-hybridized carbons (Fsp3) is 0.588. The van der Waals surface area contributed by atoms with Crippen LogP contribution in [0.2, 0.25) is 0 Å². The number of nitrogens with one attached hydrogen (secondary N) is 1. The average Bonchev–Trinajstić information content (AvgIpc) is 2.95. The van der Waals surface area contributed by atoms with Gasteiger partial charge in [-0.05, 0) is 36.8 Å². The second-order valence-corrected chi connectivity index (χ2v) is 6.42. The quantitative estimate of drug-likeness (QED) is 0.526. The Hall–Kier alpha value is -1.85. The van der Waals surface area contributed by atoms with E-state index in [0.29, 0.717) is 18.6 Å². The summed E-state index contributed by atoms with van der Waals surface area (Å²) in [5.41, 5.74) is 0.519. The van der Waals surface area contributed by atoms with E-state index in [9.17, 15) is 8.78 Å². The highest BCUT2D eigenvalue weighted by Gasteiger charge is 2.43. The topological polar surface area (TPSA) is 36.9 Å². The molecule has 6 heteroatoms. The van der Waals surface area contributed by atoms with Gasteiger partial charge in [0.15, 0.2) is 17.5 Å². The molecule has 3 rings (SSSR count). The van der Waals surface area contributed by atoms with Gasteiger partial charge in [0.25, 0.3) is 0 Å². The van der Waals surface area contributed by atoms with E-state index in [4.69, 9.17) is 4.74 Å². The molecule has 0 unspecified atom stereocenters. The molecule has 0 bridgehead atoms. The van der Waals surface area contributed by atoms with Gasteiger partial charge in [-0.25, -0.2) is 8.78 Å². The van der Waals surface area contributed by atoms with Crippen LogP contribution in [0.1, 0.15) is 25.7 Å². The summed E-state index contributed by atoms with van der Waals surface area (Å²) >= 11 is 0. The lowest BCUT2D eigenvalue weighted by molar-refractivity contribution is 0.151. The highest BCUT2D eigenvalue weighted by atomic mass is 19.1. The van der Waals surface area contributed by atoms with Gasteiger partial charge in [-0.2, -0.15) is 0 Å². The van der Waals surface area contributed by atoms with Gasteiger partial charge in [-0.3, -0.25) is 4.99 Å². The first-order valence-corrected chi connectivity index (χ1v) is 8.15. The van der Waals surface area contributed by atoms with Crippen LogP contribution in [0.5, 0.6) is 5.75 Å². The molecule has 1 heterocycles. The number of ether oxygens (including phenoxy) is 1. The summed E-state index contributed by atoms with van der Waals surface area (Å²) in [6.45, 7) is 2.92. The minimum Gasteiger partial charge on any atom is -0.489 e. The van der Waals surface area contributed by atoms with E-state index in [0.717, 1.165) is 25.1 Å². The maximum atomic E-state index is 13.5. The molecule has 23 heavy (non-hydrogen) atoms. The lowest BCUT2D eigenvalue weighted by atomic mass is 9.68. The fourth-order valence-corrected chi connectivity index (χ4v) is 3.45. The van der Waals surface area contributed by atoms with Crippen LogP contribution in [-0.2, 0) is 0 Å². The van der Waals surface area contributed by atoms with E-state index < -0.39 is 11.6 Å². The molecule has 0 aromatic heterocycles. The third kappa shape index (κ3) is 3.57. The molecule has 1 saturated heterocycles. The molecule has 126 valence electrons. The number of benzene rings is 1. The zero-order chi connectivity index (χ0) is 16.3. The maximum Gasteiger partial charge on any atom is 0.193 e. The lowest BCUT2D eigenvalue weighted by Crippen LogP contribution is -2.43. The van der Waals surface area contributed by atoms with Crippen molar-refractivity contribution in [2.45, 2.75) is 25.7 Å². The molecule has 0 amide bonds. The SMILES string of the molecule is CN=C(NCCOc1ccc(F)cc1F)N1CCC2(CCC2)C1. The van der Waals surface area contributed by atoms with Gasteiger partial charge in [0.1, 0.15) is 12.4 Å². The molecule has 1 aromatic rings. The number of guanidine groups is 1. The molecule has 1 aromatic carbocycles. The summed E-state index contributed by atoms with van der Waals surface area (Å²) < 4.78 is 31.6. The number of halogens is 2. The zero-order valence-electron chi connectivity index (χ0n) is 13.4. The summed E-state index contributed by atoms with van der Waals surface area (Å²) in [5.74, 6) is -0.345. The minimum atomic E-state index is -0.680. The van der Waals surface area contributed by atoms with Crippen LogP contribution in [0.3, 0.4) is 0 Å². The first kappa shape index (κ1) is 16.0. The van der Waals surface area contributed by atoms with Crippen molar-refractivity contribution in [3.05, 3.63) is 29.8 Å². The molecule has 1 aliphatic carbocycles. The van der Waals surface area contributed by atoms with Crippen molar-refractivity contribution in [2.75, 3.05) is 33.3 Å².